The third-order valence-corrected chi connectivity index (χ3v) is 5.27. The van der Waals surface area contributed by atoms with Crippen LogP contribution in [0.15, 0.2) is 23.1 Å². The second kappa shape index (κ2) is 3.52. The van der Waals surface area contributed by atoms with Gasteiger partial charge >= 0.3 is 0 Å². The van der Waals surface area contributed by atoms with Gasteiger partial charge in [-0.25, -0.2) is 8.42 Å². The van der Waals surface area contributed by atoms with Crippen molar-refractivity contribution >= 4 is 15.5 Å². The topological polar surface area (TPSA) is 46.2 Å². The second-order valence-corrected chi connectivity index (χ2v) is 6.10. The summed E-state index contributed by atoms with van der Waals surface area (Å²) in [5.74, 6) is 0. The molecule has 15 heavy (non-hydrogen) atoms. The summed E-state index contributed by atoms with van der Waals surface area (Å²) < 4.78 is 24.3. The number of fused-ring (bicyclic) bond motifs is 1. The van der Waals surface area contributed by atoms with E-state index in [1.165, 1.54) is 0 Å². The van der Waals surface area contributed by atoms with Crippen LogP contribution in [-0.2, 0) is 9.84 Å². The van der Waals surface area contributed by atoms with Crippen LogP contribution in [0.3, 0.4) is 0 Å². The summed E-state index contributed by atoms with van der Waals surface area (Å²) in [6.45, 7) is 4.36. The lowest BCUT2D eigenvalue weighted by molar-refractivity contribution is 0.574. The quantitative estimate of drug-likeness (QED) is 0.795. The highest BCUT2D eigenvalue weighted by Crippen LogP contribution is 2.32. The number of benzene rings is 1. The van der Waals surface area contributed by atoms with Crippen molar-refractivity contribution < 1.29 is 8.42 Å². The van der Waals surface area contributed by atoms with Crippen molar-refractivity contribution in [2.75, 3.05) is 11.9 Å². The minimum Gasteiger partial charge on any atom is -0.382 e. The van der Waals surface area contributed by atoms with E-state index >= 15 is 0 Å². The summed E-state index contributed by atoms with van der Waals surface area (Å²) in [7, 11) is -3.12. The van der Waals surface area contributed by atoms with Gasteiger partial charge in [0.15, 0.2) is 9.84 Å². The molecule has 1 aromatic rings. The number of hydrogen-bond acceptors (Lipinski definition) is 3. The fourth-order valence-corrected chi connectivity index (χ4v) is 3.86. The molecule has 0 amide bonds. The zero-order valence-electron chi connectivity index (χ0n) is 8.95. The molecule has 1 heterocycles. The Morgan fingerprint density at radius 1 is 1.47 bits per heavy atom. The Balaban J connectivity index is 2.63. The average molecular weight is 225 g/mol. The maximum absolute atomic E-state index is 12.1. The van der Waals surface area contributed by atoms with Crippen molar-refractivity contribution in [2.45, 2.75) is 30.4 Å². The average Bonchev–Trinajstić information content (AvgIpc) is 2.19. The van der Waals surface area contributed by atoms with E-state index in [4.69, 9.17) is 0 Å². The highest BCUT2D eigenvalue weighted by Gasteiger charge is 2.32. The van der Waals surface area contributed by atoms with Crippen LogP contribution in [0, 0.1) is 6.92 Å². The molecule has 2 rings (SSSR count). The maximum atomic E-state index is 12.1. The molecular weight excluding hydrogens is 210 g/mol. The monoisotopic (exact) mass is 225 g/mol. The molecule has 0 radical (unpaired) electrons. The first kappa shape index (κ1) is 10.5. The van der Waals surface area contributed by atoms with Crippen LogP contribution in [-0.4, -0.2) is 20.2 Å². The summed E-state index contributed by atoms with van der Waals surface area (Å²) in [5, 5.41) is 2.92. The van der Waals surface area contributed by atoms with Gasteiger partial charge in [-0.15, -0.1) is 0 Å². The molecule has 3 nitrogen and oxygen atoms in total. The van der Waals surface area contributed by atoms with Crippen molar-refractivity contribution in [3.05, 3.63) is 23.8 Å². The van der Waals surface area contributed by atoms with Gasteiger partial charge in [0.05, 0.1) is 15.8 Å². The van der Waals surface area contributed by atoms with Crippen molar-refractivity contribution in [1.29, 1.82) is 0 Å². The first-order valence-electron chi connectivity index (χ1n) is 5.14. The predicted molar refractivity (Wildman–Crippen MR) is 60.9 cm³/mol. The van der Waals surface area contributed by atoms with Crippen molar-refractivity contribution in [3.63, 3.8) is 0 Å². The van der Waals surface area contributed by atoms with Crippen LogP contribution in [0.4, 0.5) is 5.69 Å². The Kier molecular flexibility index (Phi) is 2.46. The van der Waals surface area contributed by atoms with Crippen LogP contribution < -0.4 is 5.32 Å². The normalized spacial score (nSPS) is 22.9. The van der Waals surface area contributed by atoms with Gasteiger partial charge < -0.3 is 5.32 Å². The summed E-state index contributed by atoms with van der Waals surface area (Å²) >= 11 is 0. The molecule has 82 valence electrons. The van der Waals surface area contributed by atoms with E-state index in [0.29, 0.717) is 17.9 Å². The molecule has 1 aromatic carbocycles. The zero-order valence-corrected chi connectivity index (χ0v) is 9.76. The Bertz CT molecular complexity index is 479. The summed E-state index contributed by atoms with van der Waals surface area (Å²) in [6, 6.07) is 5.41. The van der Waals surface area contributed by atoms with Crippen LogP contribution in [0.5, 0.6) is 0 Å². The molecule has 1 unspecified atom stereocenters. The van der Waals surface area contributed by atoms with Gasteiger partial charge in [0.1, 0.15) is 0 Å². The second-order valence-electron chi connectivity index (χ2n) is 3.90. The van der Waals surface area contributed by atoms with Crippen LogP contribution in [0.25, 0.3) is 0 Å². The van der Waals surface area contributed by atoms with Crippen LogP contribution in [0.2, 0.25) is 0 Å². The molecule has 0 aliphatic carbocycles. The van der Waals surface area contributed by atoms with Crippen molar-refractivity contribution in [3.8, 4) is 0 Å². The fourth-order valence-electron chi connectivity index (χ4n) is 1.97. The highest BCUT2D eigenvalue weighted by atomic mass is 32.2. The van der Waals surface area contributed by atoms with E-state index in [-0.39, 0.29) is 5.25 Å². The summed E-state index contributed by atoms with van der Waals surface area (Å²) in [6.07, 6.45) is 0.655. The molecule has 1 aliphatic rings. The SMILES string of the molecule is CCC1CNc2c(C)cccc2S1(=O)=O. The number of aryl methyl sites for hydroxylation is 1. The van der Waals surface area contributed by atoms with Crippen molar-refractivity contribution in [2.24, 2.45) is 0 Å². The molecule has 0 saturated heterocycles. The van der Waals surface area contributed by atoms with Gasteiger partial charge in [-0.3, -0.25) is 0 Å². The smallest absolute Gasteiger partial charge is 0.184 e. The highest BCUT2D eigenvalue weighted by molar-refractivity contribution is 7.92. The standard InChI is InChI=1S/C11H15NO2S/c1-3-9-7-12-11-8(2)5-4-6-10(11)15(9,13)14/h4-6,9,12H,3,7H2,1-2H3. The van der Waals surface area contributed by atoms with E-state index < -0.39 is 9.84 Å². The number of sulfone groups is 1. The molecule has 0 fully saturated rings. The van der Waals surface area contributed by atoms with Gasteiger partial charge in [0, 0.05) is 6.54 Å². The third-order valence-electron chi connectivity index (χ3n) is 2.94. The minimum absolute atomic E-state index is 0.285. The molecule has 1 N–H and O–H groups in total. The first-order valence-corrected chi connectivity index (χ1v) is 6.69. The van der Waals surface area contributed by atoms with E-state index in [2.05, 4.69) is 5.32 Å². The first-order chi connectivity index (χ1) is 7.07. The maximum Gasteiger partial charge on any atom is 0.184 e. The number of nitrogens with one attached hydrogen (secondary N) is 1. The Morgan fingerprint density at radius 3 is 2.87 bits per heavy atom. The molecule has 4 heteroatoms. The fraction of sp³-hybridized carbons (Fsp3) is 0.455. The van der Waals surface area contributed by atoms with Gasteiger partial charge in [-0.2, -0.15) is 0 Å². The lowest BCUT2D eigenvalue weighted by Gasteiger charge is -2.26. The number of hydrogen-bond donors (Lipinski definition) is 1. The minimum atomic E-state index is -3.12. The summed E-state index contributed by atoms with van der Waals surface area (Å²) in [4.78, 5) is 0.459. The van der Waals surface area contributed by atoms with E-state index in [9.17, 15) is 8.42 Å². The van der Waals surface area contributed by atoms with Crippen LogP contribution >= 0.6 is 0 Å². The predicted octanol–water partition coefficient (Wildman–Crippen LogP) is 1.97. The largest absolute Gasteiger partial charge is 0.382 e. The van der Waals surface area contributed by atoms with Crippen molar-refractivity contribution in [1.82, 2.24) is 0 Å². The van der Waals surface area contributed by atoms with E-state index in [0.717, 1.165) is 11.3 Å². The molecule has 0 aromatic heterocycles. The summed E-state index contributed by atoms with van der Waals surface area (Å²) in [5.41, 5.74) is 1.77. The van der Waals surface area contributed by atoms with E-state index in [1.54, 1.807) is 12.1 Å². The Morgan fingerprint density at radius 2 is 2.20 bits per heavy atom. The van der Waals surface area contributed by atoms with E-state index in [1.807, 2.05) is 19.9 Å². The number of rotatable bonds is 1. The van der Waals surface area contributed by atoms with Crippen LogP contribution in [0.1, 0.15) is 18.9 Å². The zero-order chi connectivity index (χ0) is 11.1. The van der Waals surface area contributed by atoms with Gasteiger partial charge in [0.2, 0.25) is 0 Å². The molecule has 0 saturated carbocycles. The lowest BCUT2D eigenvalue weighted by Crippen LogP contribution is -2.34. The lowest BCUT2D eigenvalue weighted by atomic mass is 10.2. The molecule has 1 atom stereocenters. The number of anilines is 1. The van der Waals surface area contributed by atoms with Gasteiger partial charge in [-0.1, -0.05) is 19.1 Å². The molecule has 0 spiro atoms. The van der Waals surface area contributed by atoms with Gasteiger partial charge in [0.25, 0.3) is 0 Å². The Labute approximate surface area is 90.4 Å². The number of para-hydroxylation sites is 1. The molecule has 0 bridgehead atoms. The molecular formula is C11H15NO2S. The van der Waals surface area contributed by atoms with Gasteiger partial charge in [-0.05, 0) is 25.0 Å². The molecule has 1 aliphatic heterocycles. The third kappa shape index (κ3) is 1.53. The Hall–Kier alpha value is -1.03.